The molecule has 0 atom stereocenters. The van der Waals surface area contributed by atoms with Crippen molar-refractivity contribution in [2.75, 3.05) is 34.6 Å². The van der Waals surface area contributed by atoms with Gasteiger partial charge in [-0.15, -0.1) is 0 Å². The molecule has 0 aromatic heterocycles. The zero-order chi connectivity index (χ0) is 15.9. The van der Waals surface area contributed by atoms with E-state index in [9.17, 15) is 9.36 Å². The highest BCUT2D eigenvalue weighted by molar-refractivity contribution is 7.54. The number of benzene rings is 1. The van der Waals surface area contributed by atoms with Crippen molar-refractivity contribution in [3.05, 3.63) is 35.9 Å². The van der Waals surface area contributed by atoms with Gasteiger partial charge in [0.1, 0.15) is 5.75 Å². The minimum absolute atomic E-state index is 0.0533. The maximum atomic E-state index is 12.3. The average Bonchev–Trinajstić information content (AvgIpc) is 2.53. The van der Waals surface area contributed by atoms with Crippen LogP contribution in [0.25, 0.3) is 5.57 Å². The fraction of sp³-hybridized carbons (Fsp3) is 0.357. The van der Waals surface area contributed by atoms with Gasteiger partial charge in [-0.2, -0.15) is 0 Å². The van der Waals surface area contributed by atoms with E-state index in [1.807, 2.05) is 0 Å². The van der Waals surface area contributed by atoms with Crippen molar-refractivity contribution in [1.82, 2.24) is 0 Å². The van der Waals surface area contributed by atoms with Gasteiger partial charge in [0.15, 0.2) is 0 Å². The fourth-order valence-corrected chi connectivity index (χ4v) is 2.75. The van der Waals surface area contributed by atoms with Gasteiger partial charge in [0.05, 0.1) is 20.4 Å². The lowest BCUT2D eigenvalue weighted by molar-refractivity contribution is -0.134. The molecule has 0 N–H and O–H groups in total. The van der Waals surface area contributed by atoms with Gasteiger partial charge in [-0.1, -0.05) is 12.1 Å². The van der Waals surface area contributed by atoms with Gasteiger partial charge in [-0.05, 0) is 23.3 Å². The highest BCUT2D eigenvalue weighted by atomic mass is 31.2. The fourth-order valence-electron chi connectivity index (χ4n) is 1.66. The molecule has 0 spiro atoms. The van der Waals surface area contributed by atoms with Crippen LogP contribution in [0.15, 0.2) is 30.3 Å². The van der Waals surface area contributed by atoms with E-state index in [2.05, 4.69) is 4.74 Å². The molecule has 0 radical (unpaired) electrons. The molecule has 0 amide bonds. The quantitative estimate of drug-likeness (QED) is 0.438. The molecule has 1 aromatic rings. The first kappa shape index (κ1) is 17.4. The molecule has 7 heteroatoms. The summed E-state index contributed by atoms with van der Waals surface area (Å²) in [4.78, 5) is 11.5. The van der Waals surface area contributed by atoms with E-state index in [4.69, 9.17) is 13.8 Å². The van der Waals surface area contributed by atoms with E-state index in [0.29, 0.717) is 16.9 Å². The number of hydrogen-bond donors (Lipinski definition) is 0. The number of hydrogen-bond acceptors (Lipinski definition) is 6. The molecule has 1 aromatic carbocycles. The first-order valence-corrected chi connectivity index (χ1v) is 7.84. The van der Waals surface area contributed by atoms with Gasteiger partial charge >= 0.3 is 13.6 Å². The summed E-state index contributed by atoms with van der Waals surface area (Å²) >= 11 is 0. The Labute approximate surface area is 124 Å². The number of methoxy groups -OCH3 is 2. The van der Waals surface area contributed by atoms with Crippen LogP contribution in [0.1, 0.15) is 5.56 Å². The Bertz CT molecular complexity index is 558. The van der Waals surface area contributed by atoms with Crippen LogP contribution in [0.2, 0.25) is 0 Å². The Morgan fingerprint density at radius 3 is 2.38 bits per heavy atom. The molecule has 116 valence electrons. The van der Waals surface area contributed by atoms with Gasteiger partial charge < -0.3 is 18.5 Å². The zero-order valence-corrected chi connectivity index (χ0v) is 13.4. The van der Waals surface area contributed by atoms with Crippen LogP contribution in [0.4, 0.5) is 0 Å². The number of allylic oxidation sites excluding steroid dienone is 1. The molecule has 0 heterocycles. The largest absolute Gasteiger partial charge is 0.497 e. The summed E-state index contributed by atoms with van der Waals surface area (Å²) in [6, 6.07) is 7.03. The molecular weight excluding hydrogens is 295 g/mol. The lowest BCUT2D eigenvalue weighted by Gasteiger charge is -2.16. The molecule has 0 aliphatic rings. The van der Waals surface area contributed by atoms with E-state index in [-0.39, 0.29) is 6.16 Å². The predicted octanol–water partition coefficient (Wildman–Crippen LogP) is 2.74. The van der Waals surface area contributed by atoms with Crippen LogP contribution in [0.3, 0.4) is 0 Å². The van der Waals surface area contributed by atoms with E-state index in [0.717, 1.165) is 0 Å². The first-order chi connectivity index (χ1) is 9.97. The van der Waals surface area contributed by atoms with Crippen LogP contribution in [-0.4, -0.2) is 40.6 Å². The van der Waals surface area contributed by atoms with E-state index in [1.54, 1.807) is 24.3 Å². The smallest absolute Gasteiger partial charge is 0.334 e. The summed E-state index contributed by atoms with van der Waals surface area (Å²) < 4.78 is 31.9. The maximum absolute atomic E-state index is 12.3. The molecule has 6 nitrogen and oxygen atoms in total. The second-order valence-corrected chi connectivity index (χ2v) is 6.33. The third kappa shape index (κ3) is 5.01. The Balaban J connectivity index is 3.22. The van der Waals surface area contributed by atoms with Gasteiger partial charge in [0.2, 0.25) is 0 Å². The van der Waals surface area contributed by atoms with Gasteiger partial charge in [-0.25, -0.2) is 4.79 Å². The highest BCUT2D eigenvalue weighted by Gasteiger charge is 2.24. The monoisotopic (exact) mass is 314 g/mol. The standard InChI is InChI=1S/C14H19O6P/c1-17-13-7-5-6-11(8-13)12(9-14(15)18-2)10-21(16,19-3)20-4/h5-9H,10H2,1-4H3/b12-9+. The molecule has 0 saturated heterocycles. The second-order valence-electron chi connectivity index (χ2n) is 4.06. The van der Waals surface area contributed by atoms with Crippen molar-refractivity contribution >= 4 is 19.1 Å². The minimum Gasteiger partial charge on any atom is -0.497 e. The average molecular weight is 314 g/mol. The zero-order valence-electron chi connectivity index (χ0n) is 12.5. The van der Waals surface area contributed by atoms with Crippen molar-refractivity contribution in [2.45, 2.75) is 0 Å². The van der Waals surface area contributed by atoms with E-state index < -0.39 is 13.6 Å². The van der Waals surface area contributed by atoms with E-state index in [1.165, 1.54) is 34.5 Å². The molecule has 0 unspecified atom stereocenters. The number of carbonyl (C=O) groups is 1. The normalized spacial score (nSPS) is 12.1. The highest BCUT2D eigenvalue weighted by Crippen LogP contribution is 2.49. The first-order valence-electron chi connectivity index (χ1n) is 6.11. The van der Waals surface area contributed by atoms with Crippen molar-refractivity contribution in [2.24, 2.45) is 0 Å². The van der Waals surface area contributed by atoms with Gasteiger partial charge in [0, 0.05) is 20.3 Å². The summed E-state index contributed by atoms with van der Waals surface area (Å²) in [6.45, 7) is 0. The molecule has 1 rings (SSSR count). The summed E-state index contributed by atoms with van der Waals surface area (Å²) in [5.41, 5.74) is 1.15. The van der Waals surface area contributed by atoms with Crippen molar-refractivity contribution < 1.29 is 27.9 Å². The molecule has 0 aliphatic heterocycles. The lowest BCUT2D eigenvalue weighted by atomic mass is 10.1. The van der Waals surface area contributed by atoms with Gasteiger partial charge in [0.25, 0.3) is 0 Å². The van der Waals surface area contributed by atoms with Crippen LogP contribution >= 0.6 is 7.60 Å². The Kier molecular flexibility index (Phi) is 6.62. The van der Waals surface area contributed by atoms with Crippen LogP contribution < -0.4 is 4.74 Å². The SMILES string of the molecule is COC(=O)/C=C(\CP(=O)(OC)OC)c1cccc(OC)c1. The molecule has 0 bridgehead atoms. The number of esters is 1. The van der Waals surface area contributed by atoms with Gasteiger partial charge in [-0.3, -0.25) is 4.57 Å². The number of carbonyl (C=O) groups excluding carboxylic acids is 1. The van der Waals surface area contributed by atoms with Crippen molar-refractivity contribution in [1.29, 1.82) is 0 Å². The third-order valence-electron chi connectivity index (χ3n) is 2.85. The Morgan fingerprint density at radius 2 is 1.86 bits per heavy atom. The topological polar surface area (TPSA) is 71.1 Å². The van der Waals surface area contributed by atoms with Crippen LogP contribution in [0, 0.1) is 0 Å². The van der Waals surface area contributed by atoms with Crippen LogP contribution in [0.5, 0.6) is 5.75 Å². The molecule has 0 fully saturated rings. The summed E-state index contributed by atoms with van der Waals surface area (Å²) in [5.74, 6) is 0.0690. The summed E-state index contributed by atoms with van der Waals surface area (Å²) in [6.07, 6.45) is 1.21. The van der Waals surface area contributed by atoms with Crippen molar-refractivity contribution in [3.63, 3.8) is 0 Å². The lowest BCUT2D eigenvalue weighted by Crippen LogP contribution is -2.03. The molecule has 21 heavy (non-hydrogen) atoms. The summed E-state index contributed by atoms with van der Waals surface area (Å²) in [7, 11) is 2.10. The Hall–Kier alpha value is -1.62. The molecular formula is C14H19O6P. The minimum atomic E-state index is -3.31. The molecule has 0 saturated carbocycles. The maximum Gasteiger partial charge on any atom is 0.334 e. The predicted molar refractivity (Wildman–Crippen MR) is 79.5 cm³/mol. The number of rotatable bonds is 7. The summed E-state index contributed by atoms with van der Waals surface area (Å²) in [5, 5.41) is 0. The Morgan fingerprint density at radius 1 is 1.19 bits per heavy atom. The van der Waals surface area contributed by atoms with E-state index >= 15 is 0 Å². The van der Waals surface area contributed by atoms with Crippen LogP contribution in [-0.2, 0) is 23.1 Å². The number of ether oxygens (including phenoxy) is 2. The molecule has 0 aliphatic carbocycles. The third-order valence-corrected chi connectivity index (χ3v) is 4.69. The second kappa shape index (κ2) is 7.98. The van der Waals surface area contributed by atoms with Crippen molar-refractivity contribution in [3.8, 4) is 5.75 Å².